The average molecular weight is 815 g/mol. The first-order valence-electron chi connectivity index (χ1n) is 21.7. The van der Waals surface area contributed by atoms with Gasteiger partial charge in [-0.05, 0) is 71.6 Å². The number of aromatic nitrogens is 2. The monoisotopic (exact) mass is 814 g/mol. The van der Waals surface area contributed by atoms with Crippen molar-refractivity contribution in [1.29, 1.82) is 0 Å². The van der Waals surface area contributed by atoms with Crippen LogP contribution in [0.1, 0.15) is 67.5 Å². The number of thioether (sulfide) groups is 4. The Kier molecular flexibility index (Phi) is 9.04. The summed E-state index contributed by atoms with van der Waals surface area (Å²) in [6, 6.07) is 38.4. The molecular weight excluding hydrogens is 757 g/mol. The fourth-order valence-corrected chi connectivity index (χ4v) is 22.6. The topological polar surface area (TPSA) is 9.86 Å². The van der Waals surface area contributed by atoms with E-state index in [1.807, 2.05) is 0 Å². The lowest BCUT2D eigenvalue weighted by Crippen LogP contribution is -2.63. The van der Waals surface area contributed by atoms with Crippen molar-refractivity contribution >= 4 is 90.7 Å². The van der Waals surface area contributed by atoms with Gasteiger partial charge in [0.25, 0.3) is 0 Å². The van der Waals surface area contributed by atoms with Crippen LogP contribution < -0.4 is 0 Å². The Morgan fingerprint density at radius 1 is 0.286 bits per heavy atom. The maximum atomic E-state index is 2.93. The first-order valence-corrected chi connectivity index (χ1v) is 25.5. The Bertz CT molecular complexity index is 2120. The molecular formula is C50H58N2S4. The minimum atomic E-state index is 0.394. The van der Waals surface area contributed by atoms with E-state index < -0.39 is 0 Å². The maximum absolute atomic E-state index is 2.93. The molecule has 0 spiro atoms. The number of benzene rings is 4. The van der Waals surface area contributed by atoms with E-state index in [9.17, 15) is 0 Å². The molecule has 11 rings (SSSR count). The summed E-state index contributed by atoms with van der Waals surface area (Å²) in [4.78, 5) is 0. The predicted octanol–water partition coefficient (Wildman–Crippen LogP) is 13.7. The normalized spacial score (nSPS) is 42.4. The standard InChI is InChI=1S/C50H58N2S4/c1-25-26(2)30(6)44-43(29(25)5)53-47-41(51-37-21-13-9-17-33(37)34-18-10-14-22-38(34)51)49-50(56-46-32(8)28(4)27(3)31(7)45(46)55-49)42(48(47)54-44)52-39-23-15-11-19-35(39)36-20-12-16-24-40(36)52/h9-32,41-50H,1-8H3. The zero-order chi connectivity index (χ0) is 38.3. The Balaban J connectivity index is 1.19. The zero-order valence-corrected chi connectivity index (χ0v) is 37.4. The number of rotatable bonds is 2. The molecule has 16 unspecified atom stereocenters. The molecule has 5 fully saturated rings. The third-order valence-corrected chi connectivity index (χ3v) is 25.2. The lowest BCUT2D eigenvalue weighted by atomic mass is 9.69. The van der Waals surface area contributed by atoms with Crippen molar-refractivity contribution in [3.63, 3.8) is 0 Å². The summed E-state index contributed by atoms with van der Waals surface area (Å²) in [6.07, 6.45) is 0. The van der Waals surface area contributed by atoms with Gasteiger partial charge in [0, 0.05) is 85.6 Å². The van der Waals surface area contributed by atoms with E-state index in [1.165, 1.54) is 43.6 Å². The summed E-state index contributed by atoms with van der Waals surface area (Å²) in [5, 5.41) is 10.3. The molecule has 3 aliphatic carbocycles. The maximum Gasteiger partial charge on any atom is 0.0603 e. The Morgan fingerprint density at radius 3 is 0.732 bits per heavy atom. The van der Waals surface area contributed by atoms with Crippen molar-refractivity contribution in [3.05, 3.63) is 97.1 Å². The number of fused-ring (bicyclic) bond motifs is 10. The quantitative estimate of drug-likeness (QED) is 0.172. The third kappa shape index (κ3) is 5.13. The second-order valence-corrected chi connectivity index (χ2v) is 24.4. The van der Waals surface area contributed by atoms with Crippen molar-refractivity contribution < 1.29 is 0 Å². The smallest absolute Gasteiger partial charge is 0.0603 e. The van der Waals surface area contributed by atoms with Gasteiger partial charge in [-0.1, -0.05) is 128 Å². The first-order chi connectivity index (χ1) is 27.2. The summed E-state index contributed by atoms with van der Waals surface area (Å²) >= 11 is 9.85. The summed E-state index contributed by atoms with van der Waals surface area (Å²) in [5.74, 6) is 5.75. The number of para-hydroxylation sites is 4. The molecule has 56 heavy (non-hydrogen) atoms. The lowest BCUT2D eigenvalue weighted by molar-refractivity contribution is 0.145. The molecule has 2 aromatic heterocycles. The highest BCUT2D eigenvalue weighted by molar-refractivity contribution is 8.09. The van der Waals surface area contributed by atoms with Crippen molar-refractivity contribution in [1.82, 2.24) is 9.13 Å². The molecule has 5 aliphatic rings. The molecule has 16 atom stereocenters. The lowest BCUT2D eigenvalue weighted by Gasteiger charge is -2.63. The molecule has 2 aliphatic heterocycles. The molecule has 0 radical (unpaired) electrons. The molecule has 0 amide bonds. The SMILES string of the molecule is CC1C(C)C(C)C2SC3C(SC2C1C)C(n1c2ccccc2c2ccccc21)C1SC2C(C)C(C)C(C)C(C)C2SC1C3n1c2ccccc2c2ccccc21. The number of hydrogen-bond acceptors (Lipinski definition) is 4. The summed E-state index contributed by atoms with van der Waals surface area (Å²) < 4.78 is 5.85. The first kappa shape index (κ1) is 36.9. The van der Waals surface area contributed by atoms with Gasteiger partial charge in [-0.2, -0.15) is 47.0 Å². The largest absolute Gasteiger partial charge is 0.335 e. The molecule has 4 aromatic carbocycles. The van der Waals surface area contributed by atoms with Crippen LogP contribution >= 0.6 is 47.0 Å². The van der Waals surface area contributed by atoms with Crippen molar-refractivity contribution in [2.75, 3.05) is 0 Å². The zero-order valence-electron chi connectivity index (χ0n) is 34.2. The summed E-state index contributed by atoms with van der Waals surface area (Å²) in [5.41, 5.74) is 5.74. The van der Waals surface area contributed by atoms with Gasteiger partial charge in [0.05, 0.1) is 12.1 Å². The fourth-order valence-electron chi connectivity index (χ4n) is 12.8. The molecule has 3 saturated carbocycles. The van der Waals surface area contributed by atoms with Crippen LogP contribution in [0, 0.1) is 47.3 Å². The van der Waals surface area contributed by atoms with Gasteiger partial charge >= 0.3 is 0 Å². The third-order valence-electron chi connectivity index (χ3n) is 16.8. The predicted molar refractivity (Wildman–Crippen MR) is 251 cm³/mol. The van der Waals surface area contributed by atoms with Gasteiger partial charge in [-0.15, -0.1) is 0 Å². The highest BCUT2D eigenvalue weighted by Crippen LogP contribution is 2.68. The Labute approximate surface area is 351 Å². The van der Waals surface area contributed by atoms with E-state index in [4.69, 9.17) is 0 Å². The van der Waals surface area contributed by atoms with E-state index in [0.29, 0.717) is 77.8 Å². The summed E-state index contributed by atoms with van der Waals surface area (Å²) in [7, 11) is 0. The van der Waals surface area contributed by atoms with E-state index in [-0.39, 0.29) is 0 Å². The summed E-state index contributed by atoms with van der Waals surface area (Å²) in [6.45, 7) is 20.8. The number of nitrogens with zero attached hydrogens (tertiary/aromatic N) is 2. The fraction of sp³-hybridized carbons (Fsp3) is 0.520. The van der Waals surface area contributed by atoms with Gasteiger partial charge < -0.3 is 9.13 Å². The van der Waals surface area contributed by atoms with E-state index in [1.54, 1.807) is 0 Å². The van der Waals surface area contributed by atoms with Crippen molar-refractivity contribution in [2.24, 2.45) is 47.3 Å². The Morgan fingerprint density at radius 2 is 0.500 bits per heavy atom. The second-order valence-electron chi connectivity index (χ2n) is 18.9. The van der Waals surface area contributed by atoms with Gasteiger partial charge in [0.15, 0.2) is 0 Å². The van der Waals surface area contributed by atoms with Crippen LogP contribution in [0.4, 0.5) is 0 Å². The van der Waals surface area contributed by atoms with Gasteiger partial charge in [-0.3, -0.25) is 0 Å². The Hall–Kier alpha value is -2.12. The second kappa shape index (κ2) is 13.7. The van der Waals surface area contributed by atoms with Gasteiger partial charge in [0.1, 0.15) is 0 Å². The van der Waals surface area contributed by atoms with Crippen molar-refractivity contribution in [3.8, 4) is 0 Å². The molecule has 6 heteroatoms. The van der Waals surface area contributed by atoms with Gasteiger partial charge in [0.2, 0.25) is 0 Å². The minimum Gasteiger partial charge on any atom is -0.335 e. The minimum absolute atomic E-state index is 0.394. The van der Waals surface area contributed by atoms with Crippen LogP contribution in [0.25, 0.3) is 43.6 Å². The molecule has 4 heterocycles. The molecule has 2 nitrogen and oxygen atoms in total. The highest BCUT2D eigenvalue weighted by Gasteiger charge is 2.63. The van der Waals surface area contributed by atoms with Crippen LogP contribution in [0.5, 0.6) is 0 Å². The molecule has 6 aromatic rings. The van der Waals surface area contributed by atoms with Crippen LogP contribution in [0.3, 0.4) is 0 Å². The van der Waals surface area contributed by atoms with E-state index in [2.05, 4.69) is 209 Å². The number of hydrogen-bond donors (Lipinski definition) is 0. The molecule has 0 N–H and O–H groups in total. The molecule has 292 valence electrons. The van der Waals surface area contributed by atoms with Gasteiger partial charge in [-0.25, -0.2) is 0 Å². The van der Waals surface area contributed by atoms with Crippen LogP contribution in [0.15, 0.2) is 97.1 Å². The highest BCUT2D eigenvalue weighted by atomic mass is 32.2. The van der Waals surface area contributed by atoms with Crippen molar-refractivity contribution in [2.45, 2.75) is 109 Å². The van der Waals surface area contributed by atoms with E-state index >= 15 is 0 Å². The molecule has 2 saturated heterocycles. The van der Waals surface area contributed by atoms with Crippen LogP contribution in [-0.4, -0.2) is 51.1 Å². The molecule has 0 bridgehead atoms. The average Bonchev–Trinajstić information content (AvgIpc) is 3.74. The van der Waals surface area contributed by atoms with Crippen LogP contribution in [-0.2, 0) is 0 Å². The van der Waals surface area contributed by atoms with Crippen LogP contribution in [0.2, 0.25) is 0 Å². The van der Waals surface area contributed by atoms with E-state index in [0.717, 1.165) is 23.7 Å².